The van der Waals surface area contributed by atoms with Crippen molar-refractivity contribution in [1.29, 1.82) is 5.26 Å². The van der Waals surface area contributed by atoms with Gasteiger partial charge in [-0.1, -0.05) is 6.07 Å². The first-order valence-electron chi connectivity index (χ1n) is 7.11. The van der Waals surface area contributed by atoms with Crippen molar-refractivity contribution in [1.82, 2.24) is 0 Å². The molecule has 0 unspecified atom stereocenters. The summed E-state index contributed by atoms with van der Waals surface area (Å²) in [5.74, 6) is -0.0767. The summed E-state index contributed by atoms with van der Waals surface area (Å²) in [6.45, 7) is 5.61. The zero-order valence-electron chi connectivity index (χ0n) is 12.6. The zero-order valence-corrected chi connectivity index (χ0v) is 12.6. The minimum atomic E-state index is -0.0767. The average Bonchev–Trinajstić information content (AvgIpc) is 2.46. The molecule has 0 heterocycles. The highest BCUT2D eigenvalue weighted by Crippen LogP contribution is 2.10. The van der Waals surface area contributed by atoms with E-state index in [4.69, 9.17) is 14.7 Å². The van der Waals surface area contributed by atoms with E-state index >= 15 is 0 Å². The maximum absolute atomic E-state index is 11.7. The van der Waals surface area contributed by atoms with Crippen molar-refractivity contribution >= 4 is 11.6 Å². The second-order valence-corrected chi connectivity index (χ2v) is 4.88. The molecule has 114 valence electrons. The van der Waals surface area contributed by atoms with Gasteiger partial charge in [-0.2, -0.15) is 5.26 Å². The van der Waals surface area contributed by atoms with Crippen molar-refractivity contribution in [3.05, 3.63) is 29.8 Å². The lowest BCUT2D eigenvalue weighted by Crippen LogP contribution is -2.13. The van der Waals surface area contributed by atoms with Crippen LogP contribution in [0.1, 0.15) is 32.3 Å². The van der Waals surface area contributed by atoms with Crippen LogP contribution in [0.25, 0.3) is 0 Å². The Morgan fingerprint density at radius 3 is 2.86 bits per heavy atom. The highest BCUT2D eigenvalue weighted by Gasteiger charge is 2.03. The first-order valence-corrected chi connectivity index (χ1v) is 7.11. The van der Waals surface area contributed by atoms with Crippen molar-refractivity contribution in [2.75, 3.05) is 25.1 Å². The minimum Gasteiger partial charge on any atom is -0.379 e. The topological polar surface area (TPSA) is 71.3 Å². The normalized spacial score (nSPS) is 10.4. The van der Waals surface area contributed by atoms with Crippen LogP contribution in [0.5, 0.6) is 0 Å². The van der Waals surface area contributed by atoms with Crippen LogP contribution in [-0.4, -0.2) is 31.8 Å². The van der Waals surface area contributed by atoms with E-state index in [1.54, 1.807) is 24.3 Å². The minimum absolute atomic E-state index is 0.0767. The van der Waals surface area contributed by atoms with Gasteiger partial charge in [0.2, 0.25) is 5.91 Å². The average molecular weight is 290 g/mol. The second-order valence-electron chi connectivity index (χ2n) is 4.88. The number of benzene rings is 1. The number of nitriles is 1. The van der Waals surface area contributed by atoms with Gasteiger partial charge in [-0.05, 0) is 38.5 Å². The molecule has 5 heteroatoms. The van der Waals surface area contributed by atoms with Crippen LogP contribution in [0.2, 0.25) is 0 Å². The largest absolute Gasteiger partial charge is 0.379 e. The van der Waals surface area contributed by atoms with E-state index in [-0.39, 0.29) is 12.0 Å². The van der Waals surface area contributed by atoms with Gasteiger partial charge in [0.25, 0.3) is 0 Å². The first kappa shape index (κ1) is 17.2. The number of ether oxygens (including phenoxy) is 2. The number of hydrogen-bond donors (Lipinski definition) is 1. The van der Waals surface area contributed by atoms with Gasteiger partial charge < -0.3 is 14.8 Å². The monoisotopic (exact) mass is 290 g/mol. The molecule has 0 spiro atoms. The van der Waals surface area contributed by atoms with Gasteiger partial charge in [0.1, 0.15) is 0 Å². The molecule has 1 amide bonds. The Hall–Kier alpha value is -1.90. The SMILES string of the molecule is CC(C)OCCOCCCC(=O)Nc1cccc(C#N)c1. The molecule has 1 N–H and O–H groups in total. The number of nitrogens with zero attached hydrogens (tertiary/aromatic N) is 1. The summed E-state index contributed by atoms with van der Waals surface area (Å²) in [4.78, 5) is 11.7. The van der Waals surface area contributed by atoms with Crippen LogP contribution in [-0.2, 0) is 14.3 Å². The van der Waals surface area contributed by atoms with E-state index in [0.29, 0.717) is 43.9 Å². The van der Waals surface area contributed by atoms with E-state index in [1.165, 1.54) is 0 Å². The van der Waals surface area contributed by atoms with Crippen LogP contribution in [0, 0.1) is 11.3 Å². The van der Waals surface area contributed by atoms with Crippen molar-refractivity contribution in [3.8, 4) is 6.07 Å². The molecule has 1 aromatic rings. The molecular formula is C16H22N2O3. The van der Waals surface area contributed by atoms with Gasteiger partial charge >= 0.3 is 0 Å². The highest BCUT2D eigenvalue weighted by molar-refractivity contribution is 5.90. The fraction of sp³-hybridized carbons (Fsp3) is 0.500. The van der Waals surface area contributed by atoms with Crippen molar-refractivity contribution in [2.24, 2.45) is 0 Å². The lowest BCUT2D eigenvalue weighted by molar-refractivity contribution is -0.116. The molecule has 0 bridgehead atoms. The summed E-state index contributed by atoms with van der Waals surface area (Å²) in [5.41, 5.74) is 1.17. The molecule has 0 saturated carbocycles. The molecule has 5 nitrogen and oxygen atoms in total. The third-order valence-corrected chi connectivity index (χ3v) is 2.65. The van der Waals surface area contributed by atoms with Crippen LogP contribution in [0.3, 0.4) is 0 Å². The fourth-order valence-electron chi connectivity index (χ4n) is 1.67. The Morgan fingerprint density at radius 2 is 2.14 bits per heavy atom. The third-order valence-electron chi connectivity index (χ3n) is 2.65. The van der Waals surface area contributed by atoms with Crippen LogP contribution in [0.15, 0.2) is 24.3 Å². The van der Waals surface area contributed by atoms with E-state index in [0.717, 1.165) is 0 Å². The van der Waals surface area contributed by atoms with Crippen LogP contribution < -0.4 is 5.32 Å². The van der Waals surface area contributed by atoms with E-state index in [1.807, 2.05) is 19.9 Å². The molecule has 0 fully saturated rings. The Labute approximate surface area is 125 Å². The van der Waals surface area contributed by atoms with Gasteiger partial charge in [0, 0.05) is 18.7 Å². The number of nitrogens with one attached hydrogen (secondary N) is 1. The number of carbonyl (C=O) groups is 1. The Kier molecular flexibility index (Phi) is 8.10. The smallest absolute Gasteiger partial charge is 0.224 e. The van der Waals surface area contributed by atoms with Gasteiger partial charge in [-0.3, -0.25) is 4.79 Å². The van der Waals surface area contributed by atoms with E-state index in [9.17, 15) is 4.79 Å². The Balaban J connectivity index is 2.13. The molecular weight excluding hydrogens is 268 g/mol. The Bertz CT molecular complexity index is 481. The summed E-state index contributed by atoms with van der Waals surface area (Å²) in [7, 11) is 0. The number of rotatable bonds is 9. The summed E-state index contributed by atoms with van der Waals surface area (Å²) in [6, 6.07) is 8.89. The van der Waals surface area contributed by atoms with Crippen LogP contribution in [0.4, 0.5) is 5.69 Å². The zero-order chi connectivity index (χ0) is 15.5. The predicted octanol–water partition coefficient (Wildman–Crippen LogP) is 2.72. The molecule has 0 aliphatic carbocycles. The standard InChI is InChI=1S/C16H22N2O3/c1-13(2)21-10-9-20-8-4-7-16(19)18-15-6-3-5-14(11-15)12-17/h3,5-6,11,13H,4,7-10H2,1-2H3,(H,18,19). The maximum atomic E-state index is 11.7. The van der Waals surface area contributed by atoms with Gasteiger partial charge in [0.15, 0.2) is 0 Å². The van der Waals surface area contributed by atoms with Crippen molar-refractivity contribution in [2.45, 2.75) is 32.8 Å². The van der Waals surface area contributed by atoms with E-state index < -0.39 is 0 Å². The molecule has 0 aromatic heterocycles. The van der Waals surface area contributed by atoms with Gasteiger partial charge in [0.05, 0.1) is 31.0 Å². The fourth-order valence-corrected chi connectivity index (χ4v) is 1.67. The molecule has 0 atom stereocenters. The lowest BCUT2D eigenvalue weighted by Gasteiger charge is -2.08. The number of carbonyl (C=O) groups excluding carboxylic acids is 1. The molecule has 1 rings (SSSR count). The van der Waals surface area contributed by atoms with Gasteiger partial charge in [-0.15, -0.1) is 0 Å². The van der Waals surface area contributed by atoms with Crippen molar-refractivity contribution in [3.63, 3.8) is 0 Å². The number of hydrogen-bond acceptors (Lipinski definition) is 4. The Morgan fingerprint density at radius 1 is 1.33 bits per heavy atom. The molecule has 0 aliphatic rings. The van der Waals surface area contributed by atoms with Crippen molar-refractivity contribution < 1.29 is 14.3 Å². The lowest BCUT2D eigenvalue weighted by atomic mass is 10.2. The molecule has 0 radical (unpaired) electrons. The first-order chi connectivity index (χ1) is 10.1. The molecule has 1 aromatic carbocycles. The summed E-state index contributed by atoms with van der Waals surface area (Å²) >= 11 is 0. The molecule has 21 heavy (non-hydrogen) atoms. The number of anilines is 1. The highest BCUT2D eigenvalue weighted by atomic mass is 16.5. The molecule has 0 aliphatic heterocycles. The molecule has 0 saturated heterocycles. The quantitative estimate of drug-likeness (QED) is 0.710. The summed E-state index contributed by atoms with van der Waals surface area (Å²) in [6.07, 6.45) is 1.26. The van der Waals surface area contributed by atoms with Crippen LogP contribution >= 0.6 is 0 Å². The second kappa shape index (κ2) is 9.92. The predicted molar refractivity (Wildman–Crippen MR) is 80.9 cm³/mol. The third kappa shape index (κ3) is 8.08. The maximum Gasteiger partial charge on any atom is 0.224 e. The number of amides is 1. The van der Waals surface area contributed by atoms with Gasteiger partial charge in [-0.25, -0.2) is 0 Å². The summed E-state index contributed by atoms with van der Waals surface area (Å²) < 4.78 is 10.7. The van der Waals surface area contributed by atoms with E-state index in [2.05, 4.69) is 5.32 Å². The summed E-state index contributed by atoms with van der Waals surface area (Å²) in [5, 5.41) is 11.5.